The Balaban J connectivity index is 2.13. The first-order valence-corrected chi connectivity index (χ1v) is 6.35. The molecule has 1 saturated carbocycles. The summed E-state index contributed by atoms with van der Waals surface area (Å²) in [4.78, 5) is 6.76. The zero-order chi connectivity index (χ0) is 13.4. The second-order valence-electron chi connectivity index (χ2n) is 4.96. The third-order valence-corrected chi connectivity index (χ3v) is 3.60. The molecule has 3 rings (SSSR count). The number of benzene rings is 1. The van der Waals surface area contributed by atoms with Crippen LogP contribution in [0.1, 0.15) is 35.7 Å². The summed E-state index contributed by atoms with van der Waals surface area (Å²) in [6.45, 7) is 8.98. The molecular formula is C16H13N3. The van der Waals surface area contributed by atoms with Gasteiger partial charge in [-0.3, -0.25) is 0 Å². The smallest absolute Gasteiger partial charge is 0.187 e. The fraction of sp³-hybridized carbons (Fsp3) is 0.250. The zero-order valence-electron chi connectivity index (χ0n) is 10.7. The minimum absolute atomic E-state index is 0.532. The molecule has 0 bridgehead atoms. The van der Waals surface area contributed by atoms with Gasteiger partial charge in [0.1, 0.15) is 6.07 Å². The first kappa shape index (κ1) is 11.6. The molecule has 1 aromatic heterocycles. The number of hydrogen-bond donors (Lipinski definition) is 1. The van der Waals surface area contributed by atoms with Crippen LogP contribution in [0.4, 0.5) is 5.69 Å². The van der Waals surface area contributed by atoms with Crippen molar-refractivity contribution in [2.24, 2.45) is 0 Å². The van der Waals surface area contributed by atoms with Crippen molar-refractivity contribution in [3.8, 4) is 17.2 Å². The SMILES string of the molecule is [C-]#[N+]c1ccc(-c2c(C)[nH]c(C3CC3)c2C#N)cc1. The van der Waals surface area contributed by atoms with E-state index in [-0.39, 0.29) is 0 Å². The summed E-state index contributed by atoms with van der Waals surface area (Å²) in [5.74, 6) is 0.532. The van der Waals surface area contributed by atoms with Crippen LogP contribution < -0.4 is 0 Å². The van der Waals surface area contributed by atoms with Crippen molar-refractivity contribution in [3.05, 3.63) is 52.6 Å². The lowest BCUT2D eigenvalue weighted by molar-refractivity contribution is 1.03. The number of aryl methyl sites for hydroxylation is 1. The van der Waals surface area contributed by atoms with Crippen LogP contribution in [0.3, 0.4) is 0 Å². The number of rotatable bonds is 2. The molecule has 0 spiro atoms. The van der Waals surface area contributed by atoms with E-state index >= 15 is 0 Å². The van der Waals surface area contributed by atoms with Gasteiger partial charge in [0, 0.05) is 22.9 Å². The molecule has 1 heterocycles. The van der Waals surface area contributed by atoms with E-state index in [4.69, 9.17) is 6.57 Å². The first-order chi connectivity index (χ1) is 9.24. The van der Waals surface area contributed by atoms with Gasteiger partial charge in [0.25, 0.3) is 0 Å². The molecule has 0 amide bonds. The largest absolute Gasteiger partial charge is 0.361 e. The van der Waals surface area contributed by atoms with E-state index in [1.807, 2.05) is 19.1 Å². The highest BCUT2D eigenvalue weighted by Gasteiger charge is 2.30. The summed E-state index contributed by atoms with van der Waals surface area (Å²) in [7, 11) is 0. The van der Waals surface area contributed by atoms with Crippen LogP contribution in [0.25, 0.3) is 16.0 Å². The molecule has 1 fully saturated rings. The lowest BCUT2D eigenvalue weighted by Gasteiger charge is -2.02. The van der Waals surface area contributed by atoms with E-state index in [1.165, 1.54) is 12.8 Å². The number of H-pyrrole nitrogens is 1. The van der Waals surface area contributed by atoms with E-state index < -0.39 is 0 Å². The Labute approximate surface area is 112 Å². The molecule has 2 aromatic rings. The highest BCUT2D eigenvalue weighted by atomic mass is 14.8. The molecule has 92 valence electrons. The van der Waals surface area contributed by atoms with Gasteiger partial charge in [-0.05, 0) is 25.3 Å². The van der Waals surface area contributed by atoms with Gasteiger partial charge < -0.3 is 4.98 Å². The monoisotopic (exact) mass is 247 g/mol. The Morgan fingerprint density at radius 3 is 2.53 bits per heavy atom. The number of aromatic amines is 1. The number of hydrogen-bond acceptors (Lipinski definition) is 1. The van der Waals surface area contributed by atoms with Gasteiger partial charge in [-0.1, -0.05) is 24.3 Å². The standard InChI is InChI=1S/C16H13N3/c1-10-15(11-5-7-13(18-2)8-6-11)14(9-17)16(19-10)12-3-4-12/h5-8,12,19H,3-4H2,1H3. The van der Waals surface area contributed by atoms with Gasteiger partial charge in [0.15, 0.2) is 5.69 Å². The maximum absolute atomic E-state index is 9.43. The average molecular weight is 247 g/mol. The summed E-state index contributed by atoms with van der Waals surface area (Å²) in [6, 6.07) is 9.77. The van der Waals surface area contributed by atoms with Gasteiger partial charge in [-0.2, -0.15) is 5.26 Å². The van der Waals surface area contributed by atoms with Gasteiger partial charge >= 0.3 is 0 Å². The maximum atomic E-state index is 9.43. The number of nitrogens with zero attached hydrogens (tertiary/aromatic N) is 2. The predicted molar refractivity (Wildman–Crippen MR) is 73.9 cm³/mol. The van der Waals surface area contributed by atoms with Gasteiger partial charge in [-0.25, -0.2) is 4.85 Å². The minimum atomic E-state index is 0.532. The highest BCUT2D eigenvalue weighted by molar-refractivity contribution is 5.76. The molecule has 3 nitrogen and oxygen atoms in total. The summed E-state index contributed by atoms with van der Waals surface area (Å²) in [6.07, 6.45) is 2.34. The van der Waals surface area contributed by atoms with Gasteiger partial charge in [0.05, 0.1) is 12.1 Å². The molecule has 19 heavy (non-hydrogen) atoms. The van der Waals surface area contributed by atoms with Crippen molar-refractivity contribution in [1.82, 2.24) is 4.98 Å². The summed E-state index contributed by atoms with van der Waals surface area (Å²) in [5, 5.41) is 9.43. The number of nitrogens with one attached hydrogen (secondary N) is 1. The van der Waals surface area contributed by atoms with Crippen LogP contribution in [0, 0.1) is 24.8 Å². The van der Waals surface area contributed by atoms with Crippen LogP contribution in [-0.2, 0) is 0 Å². The lowest BCUT2D eigenvalue weighted by Crippen LogP contribution is -1.85. The molecule has 0 saturated heterocycles. The Hall–Kier alpha value is -2.52. The molecular weight excluding hydrogens is 234 g/mol. The molecule has 1 aliphatic carbocycles. The topological polar surface area (TPSA) is 43.9 Å². The van der Waals surface area contributed by atoms with Crippen LogP contribution in [-0.4, -0.2) is 4.98 Å². The molecule has 0 aliphatic heterocycles. The predicted octanol–water partition coefficient (Wildman–Crippen LogP) is 4.29. The highest BCUT2D eigenvalue weighted by Crippen LogP contribution is 2.44. The van der Waals surface area contributed by atoms with Crippen molar-refractivity contribution in [1.29, 1.82) is 5.26 Å². The Bertz CT molecular complexity index is 704. The van der Waals surface area contributed by atoms with Crippen molar-refractivity contribution >= 4 is 5.69 Å². The minimum Gasteiger partial charge on any atom is -0.361 e. The van der Waals surface area contributed by atoms with Crippen LogP contribution >= 0.6 is 0 Å². The first-order valence-electron chi connectivity index (χ1n) is 6.35. The quantitative estimate of drug-likeness (QED) is 0.790. The molecule has 1 aromatic carbocycles. The lowest BCUT2D eigenvalue weighted by atomic mass is 10.00. The fourth-order valence-electron chi connectivity index (χ4n) is 2.51. The normalized spacial score (nSPS) is 13.8. The number of nitriles is 1. The summed E-state index contributed by atoms with van der Waals surface area (Å²) >= 11 is 0. The van der Waals surface area contributed by atoms with E-state index in [0.717, 1.165) is 28.1 Å². The Morgan fingerprint density at radius 2 is 2.00 bits per heavy atom. The molecule has 1 aliphatic rings. The van der Waals surface area contributed by atoms with Crippen LogP contribution in [0.15, 0.2) is 24.3 Å². The third kappa shape index (κ3) is 1.90. The zero-order valence-corrected chi connectivity index (χ0v) is 10.7. The van der Waals surface area contributed by atoms with E-state index in [9.17, 15) is 5.26 Å². The van der Waals surface area contributed by atoms with Crippen molar-refractivity contribution in [2.45, 2.75) is 25.7 Å². The second-order valence-corrected chi connectivity index (χ2v) is 4.96. The fourth-order valence-corrected chi connectivity index (χ4v) is 2.51. The molecule has 0 atom stereocenters. The van der Waals surface area contributed by atoms with Crippen LogP contribution in [0.2, 0.25) is 0 Å². The number of aromatic nitrogens is 1. The van der Waals surface area contributed by atoms with Crippen molar-refractivity contribution < 1.29 is 0 Å². The van der Waals surface area contributed by atoms with Crippen LogP contribution in [0.5, 0.6) is 0 Å². The summed E-state index contributed by atoms with van der Waals surface area (Å²) < 4.78 is 0. The second kappa shape index (κ2) is 4.30. The average Bonchev–Trinajstić information content (AvgIpc) is 3.22. The molecule has 3 heteroatoms. The van der Waals surface area contributed by atoms with Crippen molar-refractivity contribution in [3.63, 3.8) is 0 Å². The third-order valence-electron chi connectivity index (χ3n) is 3.60. The van der Waals surface area contributed by atoms with E-state index in [1.54, 1.807) is 12.1 Å². The van der Waals surface area contributed by atoms with E-state index in [0.29, 0.717) is 11.6 Å². The van der Waals surface area contributed by atoms with E-state index in [2.05, 4.69) is 15.9 Å². The molecule has 1 N–H and O–H groups in total. The van der Waals surface area contributed by atoms with Gasteiger partial charge in [0.2, 0.25) is 0 Å². The maximum Gasteiger partial charge on any atom is 0.187 e. The molecule has 0 radical (unpaired) electrons. The Kier molecular flexibility index (Phi) is 2.62. The summed E-state index contributed by atoms with van der Waals surface area (Å²) in [5.41, 5.74) is 5.51. The van der Waals surface area contributed by atoms with Gasteiger partial charge in [-0.15, -0.1) is 0 Å². The van der Waals surface area contributed by atoms with Crippen molar-refractivity contribution in [2.75, 3.05) is 0 Å². The Morgan fingerprint density at radius 1 is 1.32 bits per heavy atom. The molecule has 0 unspecified atom stereocenters.